The van der Waals surface area contributed by atoms with E-state index in [1.54, 1.807) is 19.1 Å². The molecule has 0 heterocycles. The maximum Gasteiger partial charge on any atom is 0.406 e. The van der Waals surface area contributed by atoms with Crippen molar-refractivity contribution in [2.24, 2.45) is 0 Å². The molecular formula is C15H16F3NO2. The molecule has 0 atom stereocenters. The first-order chi connectivity index (χ1) is 9.76. The molecule has 114 valence electrons. The molecule has 0 saturated heterocycles. The normalized spacial score (nSPS) is 10.8. The number of alkyl halides is 3. The highest BCUT2D eigenvalue weighted by Gasteiger charge is 2.31. The smallest absolute Gasteiger partial charge is 0.395 e. The third-order valence-electron chi connectivity index (χ3n) is 2.79. The molecule has 0 unspecified atom stereocenters. The summed E-state index contributed by atoms with van der Waals surface area (Å²) in [6, 6.07) is 4.73. The largest absolute Gasteiger partial charge is 0.406 e. The Morgan fingerprint density at radius 1 is 1.38 bits per heavy atom. The van der Waals surface area contributed by atoms with E-state index >= 15 is 0 Å². The topological polar surface area (TPSA) is 40.5 Å². The van der Waals surface area contributed by atoms with Gasteiger partial charge in [-0.3, -0.25) is 4.79 Å². The highest BCUT2D eigenvalue weighted by molar-refractivity contribution is 5.96. The molecule has 0 aliphatic rings. The molecule has 0 radical (unpaired) electrons. The van der Waals surface area contributed by atoms with Crippen molar-refractivity contribution in [2.75, 3.05) is 20.2 Å². The van der Waals surface area contributed by atoms with E-state index in [0.29, 0.717) is 22.4 Å². The van der Waals surface area contributed by atoms with Crippen LogP contribution < -0.4 is 0 Å². The van der Waals surface area contributed by atoms with Gasteiger partial charge in [-0.15, -0.1) is 0 Å². The van der Waals surface area contributed by atoms with Gasteiger partial charge in [0.25, 0.3) is 5.91 Å². The van der Waals surface area contributed by atoms with Gasteiger partial charge < -0.3 is 10.0 Å². The Kier molecular flexibility index (Phi) is 5.79. The Morgan fingerprint density at radius 3 is 2.62 bits per heavy atom. The number of carbonyl (C=O) groups is 1. The number of rotatable bonds is 3. The van der Waals surface area contributed by atoms with Crippen molar-refractivity contribution in [1.29, 1.82) is 0 Å². The fourth-order valence-electron chi connectivity index (χ4n) is 1.76. The average Bonchev–Trinajstić information content (AvgIpc) is 2.38. The summed E-state index contributed by atoms with van der Waals surface area (Å²) in [5, 5.41) is 8.67. The van der Waals surface area contributed by atoms with Gasteiger partial charge in [-0.05, 0) is 24.6 Å². The molecule has 1 aromatic carbocycles. The zero-order valence-electron chi connectivity index (χ0n) is 11.8. The average molecular weight is 299 g/mol. The summed E-state index contributed by atoms with van der Waals surface area (Å²) in [5.74, 6) is 4.82. The van der Waals surface area contributed by atoms with Crippen LogP contribution in [0.2, 0.25) is 0 Å². The highest BCUT2D eigenvalue weighted by atomic mass is 19.4. The summed E-state index contributed by atoms with van der Waals surface area (Å²) in [7, 11) is 1.11. The lowest BCUT2D eigenvalue weighted by atomic mass is 10.0. The van der Waals surface area contributed by atoms with Crippen LogP contribution in [0.4, 0.5) is 13.2 Å². The summed E-state index contributed by atoms with van der Waals surface area (Å²) in [4.78, 5) is 12.7. The van der Waals surface area contributed by atoms with Crippen molar-refractivity contribution >= 4 is 5.91 Å². The molecule has 3 nitrogen and oxygen atoms in total. The maximum absolute atomic E-state index is 12.3. The molecule has 1 aromatic rings. The third kappa shape index (κ3) is 5.12. The second-order valence-corrected chi connectivity index (χ2v) is 4.53. The van der Waals surface area contributed by atoms with Crippen LogP contribution in [0, 0.1) is 18.8 Å². The molecule has 0 aliphatic carbocycles. The number of benzene rings is 1. The molecule has 1 rings (SSSR count). The van der Waals surface area contributed by atoms with Gasteiger partial charge in [-0.2, -0.15) is 13.2 Å². The first-order valence-electron chi connectivity index (χ1n) is 6.28. The molecule has 6 heteroatoms. The minimum atomic E-state index is -4.43. The van der Waals surface area contributed by atoms with Crippen LogP contribution >= 0.6 is 0 Å². The van der Waals surface area contributed by atoms with E-state index in [1.165, 1.54) is 6.07 Å². The monoisotopic (exact) mass is 299 g/mol. The zero-order valence-corrected chi connectivity index (χ0v) is 11.8. The Labute approximate surface area is 121 Å². The molecule has 0 aromatic heterocycles. The number of nitrogens with zero attached hydrogens (tertiary/aromatic N) is 1. The molecule has 1 N–H and O–H groups in total. The molecule has 21 heavy (non-hydrogen) atoms. The number of halogens is 3. The minimum Gasteiger partial charge on any atom is -0.395 e. The molecule has 0 spiro atoms. The quantitative estimate of drug-likeness (QED) is 0.871. The second kappa shape index (κ2) is 7.14. The van der Waals surface area contributed by atoms with Crippen molar-refractivity contribution in [3.8, 4) is 11.8 Å². The summed E-state index contributed by atoms with van der Waals surface area (Å²) < 4.78 is 37.0. The van der Waals surface area contributed by atoms with E-state index in [1.807, 2.05) is 0 Å². The maximum atomic E-state index is 12.3. The van der Waals surface area contributed by atoms with E-state index in [-0.39, 0.29) is 12.2 Å². The van der Waals surface area contributed by atoms with Crippen molar-refractivity contribution in [1.82, 2.24) is 4.90 Å². The van der Waals surface area contributed by atoms with Crippen LogP contribution in [0.15, 0.2) is 18.2 Å². The van der Waals surface area contributed by atoms with Gasteiger partial charge in [0.2, 0.25) is 0 Å². The summed E-state index contributed by atoms with van der Waals surface area (Å²) >= 11 is 0. The molecule has 0 fully saturated rings. The number of hydrogen-bond acceptors (Lipinski definition) is 2. The zero-order chi connectivity index (χ0) is 16.0. The van der Waals surface area contributed by atoms with Crippen LogP contribution in [0.3, 0.4) is 0 Å². The lowest BCUT2D eigenvalue weighted by Crippen LogP contribution is -2.36. The van der Waals surface area contributed by atoms with E-state index in [4.69, 9.17) is 5.11 Å². The van der Waals surface area contributed by atoms with Crippen LogP contribution in [-0.4, -0.2) is 42.3 Å². The molecule has 1 amide bonds. The molecule has 0 bridgehead atoms. The predicted octanol–water partition coefficient (Wildman–Crippen LogP) is 2.36. The number of aliphatic hydroxyl groups is 1. The lowest BCUT2D eigenvalue weighted by Gasteiger charge is -2.20. The Bertz CT molecular complexity index is 571. The van der Waals surface area contributed by atoms with Gasteiger partial charge in [0, 0.05) is 24.6 Å². The fraction of sp³-hybridized carbons (Fsp3) is 0.400. The van der Waals surface area contributed by atoms with Crippen LogP contribution in [0.1, 0.15) is 27.9 Å². The summed E-state index contributed by atoms with van der Waals surface area (Å²) in [5.41, 5.74) is 1.29. The van der Waals surface area contributed by atoms with Gasteiger partial charge >= 0.3 is 6.18 Å². The highest BCUT2D eigenvalue weighted by Crippen LogP contribution is 2.19. The minimum absolute atomic E-state index is 0.0704. The first kappa shape index (κ1) is 17.1. The van der Waals surface area contributed by atoms with E-state index in [9.17, 15) is 18.0 Å². The first-order valence-corrected chi connectivity index (χ1v) is 6.28. The molecular weight excluding hydrogens is 283 g/mol. The van der Waals surface area contributed by atoms with Gasteiger partial charge in [0.1, 0.15) is 6.54 Å². The Balaban J connectivity index is 3.01. The van der Waals surface area contributed by atoms with Crippen LogP contribution in [0.25, 0.3) is 0 Å². The van der Waals surface area contributed by atoms with Crippen molar-refractivity contribution in [3.05, 3.63) is 34.9 Å². The second-order valence-electron chi connectivity index (χ2n) is 4.53. The van der Waals surface area contributed by atoms with Crippen molar-refractivity contribution in [3.63, 3.8) is 0 Å². The lowest BCUT2D eigenvalue weighted by molar-refractivity contribution is -0.138. The van der Waals surface area contributed by atoms with Crippen LogP contribution in [-0.2, 0) is 0 Å². The number of amides is 1. The standard InChI is InChI=1S/C15H16F3NO2/c1-11-12(6-3-4-9-20)7-5-8-13(11)14(21)19(2)10-15(16,17)18/h5,7-8,20H,4,9-10H2,1-2H3. The van der Waals surface area contributed by atoms with Crippen molar-refractivity contribution < 1.29 is 23.1 Å². The summed E-state index contributed by atoms with van der Waals surface area (Å²) in [6.07, 6.45) is -4.14. The van der Waals surface area contributed by atoms with Gasteiger partial charge in [0.05, 0.1) is 6.61 Å². The van der Waals surface area contributed by atoms with Gasteiger partial charge in [-0.1, -0.05) is 17.9 Å². The van der Waals surface area contributed by atoms with Gasteiger partial charge in [-0.25, -0.2) is 0 Å². The summed E-state index contributed by atoms with van der Waals surface area (Å²) in [6.45, 7) is 0.266. The number of aliphatic hydroxyl groups excluding tert-OH is 1. The van der Waals surface area contributed by atoms with E-state index in [2.05, 4.69) is 11.8 Å². The van der Waals surface area contributed by atoms with Crippen LogP contribution in [0.5, 0.6) is 0 Å². The Hall–Kier alpha value is -2.00. The molecule has 0 saturated carbocycles. The van der Waals surface area contributed by atoms with Gasteiger partial charge in [0.15, 0.2) is 0 Å². The van der Waals surface area contributed by atoms with E-state index < -0.39 is 18.6 Å². The van der Waals surface area contributed by atoms with E-state index in [0.717, 1.165) is 7.05 Å². The SMILES string of the molecule is Cc1c(C#CCCO)cccc1C(=O)N(C)CC(F)(F)F. The van der Waals surface area contributed by atoms with Crippen molar-refractivity contribution in [2.45, 2.75) is 19.5 Å². The Morgan fingerprint density at radius 2 is 2.05 bits per heavy atom. The fourth-order valence-corrected chi connectivity index (χ4v) is 1.76. The number of carbonyl (C=O) groups excluding carboxylic acids is 1. The predicted molar refractivity (Wildman–Crippen MR) is 72.8 cm³/mol. The third-order valence-corrected chi connectivity index (χ3v) is 2.79. The number of hydrogen-bond donors (Lipinski definition) is 1. The molecule has 0 aliphatic heterocycles.